The quantitative estimate of drug-likeness (QED) is 0.520. The maximum atomic E-state index is 12.0. The molecule has 0 spiro atoms. The van der Waals surface area contributed by atoms with Crippen molar-refractivity contribution in [3.05, 3.63) is 69.8 Å². The van der Waals surface area contributed by atoms with Crippen LogP contribution in [0.4, 0.5) is 11.4 Å². The predicted molar refractivity (Wildman–Crippen MR) is 83.0 cm³/mol. The van der Waals surface area contributed by atoms with Gasteiger partial charge in [0.2, 0.25) is 5.91 Å². The zero-order chi connectivity index (χ0) is 16.8. The first-order valence-corrected chi connectivity index (χ1v) is 6.74. The molecule has 0 aliphatic carbocycles. The number of nitro groups is 1. The molecule has 118 valence electrons. The molecule has 0 heterocycles. The topological polar surface area (TPSA) is 98.5 Å². The van der Waals surface area contributed by atoms with E-state index in [1.165, 1.54) is 37.3 Å². The summed E-state index contributed by atoms with van der Waals surface area (Å²) in [5.41, 5.74) is 1.42. The van der Waals surface area contributed by atoms with Crippen LogP contribution in [-0.2, 0) is 16.1 Å². The monoisotopic (exact) mass is 314 g/mol. The molecule has 0 aromatic heterocycles. The van der Waals surface area contributed by atoms with Crippen molar-refractivity contribution in [2.24, 2.45) is 0 Å². The van der Waals surface area contributed by atoms with Gasteiger partial charge in [-0.2, -0.15) is 0 Å². The van der Waals surface area contributed by atoms with Crippen molar-refractivity contribution in [3.8, 4) is 0 Å². The number of esters is 1. The Morgan fingerprint density at radius 2 is 1.87 bits per heavy atom. The van der Waals surface area contributed by atoms with Crippen molar-refractivity contribution in [1.82, 2.24) is 0 Å². The lowest BCUT2D eigenvalue weighted by atomic mass is 10.2. The third kappa shape index (κ3) is 4.63. The number of nitrogens with one attached hydrogen (secondary N) is 1. The SMILES string of the molecule is CC(=O)Nc1cccc(C(=O)OCc2ccc([N+](=O)[O-])cc2)c1. The molecular formula is C16H14N2O5. The number of nitro benzene ring substituents is 1. The molecule has 2 aromatic carbocycles. The van der Waals surface area contributed by atoms with Crippen LogP contribution >= 0.6 is 0 Å². The van der Waals surface area contributed by atoms with Gasteiger partial charge in [0.05, 0.1) is 10.5 Å². The molecule has 0 aliphatic heterocycles. The van der Waals surface area contributed by atoms with E-state index >= 15 is 0 Å². The number of carbonyl (C=O) groups excluding carboxylic acids is 2. The number of amides is 1. The molecule has 23 heavy (non-hydrogen) atoms. The molecule has 1 amide bonds. The van der Waals surface area contributed by atoms with Gasteiger partial charge in [-0.3, -0.25) is 14.9 Å². The largest absolute Gasteiger partial charge is 0.457 e. The van der Waals surface area contributed by atoms with Gasteiger partial charge in [0, 0.05) is 24.7 Å². The Morgan fingerprint density at radius 3 is 2.48 bits per heavy atom. The second-order valence-electron chi connectivity index (χ2n) is 4.76. The third-order valence-electron chi connectivity index (χ3n) is 2.94. The Labute approximate surface area is 132 Å². The van der Waals surface area contributed by atoms with Crippen molar-refractivity contribution in [2.45, 2.75) is 13.5 Å². The van der Waals surface area contributed by atoms with E-state index < -0.39 is 10.9 Å². The molecule has 2 rings (SSSR count). The number of anilines is 1. The van der Waals surface area contributed by atoms with Gasteiger partial charge in [-0.05, 0) is 35.9 Å². The molecule has 0 aliphatic rings. The zero-order valence-corrected chi connectivity index (χ0v) is 12.3. The maximum Gasteiger partial charge on any atom is 0.338 e. The summed E-state index contributed by atoms with van der Waals surface area (Å²) in [5.74, 6) is -0.781. The van der Waals surface area contributed by atoms with Crippen LogP contribution in [0, 0.1) is 10.1 Å². The van der Waals surface area contributed by atoms with Crippen molar-refractivity contribution < 1.29 is 19.2 Å². The van der Waals surface area contributed by atoms with Crippen molar-refractivity contribution >= 4 is 23.3 Å². The summed E-state index contributed by atoms with van der Waals surface area (Å²) in [4.78, 5) is 33.1. The summed E-state index contributed by atoms with van der Waals surface area (Å²) < 4.78 is 5.15. The van der Waals surface area contributed by atoms with Gasteiger partial charge in [0.25, 0.3) is 5.69 Å². The molecule has 7 nitrogen and oxygen atoms in total. The summed E-state index contributed by atoms with van der Waals surface area (Å²) in [6, 6.07) is 12.1. The molecule has 0 bridgehead atoms. The normalized spacial score (nSPS) is 9.96. The zero-order valence-electron chi connectivity index (χ0n) is 12.3. The summed E-state index contributed by atoms with van der Waals surface area (Å²) in [6.07, 6.45) is 0. The van der Waals surface area contributed by atoms with Gasteiger partial charge in [0.15, 0.2) is 0 Å². The first-order valence-electron chi connectivity index (χ1n) is 6.74. The molecule has 2 aromatic rings. The number of nitrogens with zero attached hydrogens (tertiary/aromatic N) is 1. The fourth-order valence-electron chi connectivity index (χ4n) is 1.87. The lowest BCUT2D eigenvalue weighted by molar-refractivity contribution is -0.384. The van der Waals surface area contributed by atoms with E-state index in [1.807, 2.05) is 0 Å². The minimum absolute atomic E-state index is 0.00118. The van der Waals surface area contributed by atoms with Gasteiger partial charge in [-0.1, -0.05) is 6.07 Å². The molecule has 0 unspecified atom stereocenters. The van der Waals surface area contributed by atoms with Crippen LogP contribution in [0.15, 0.2) is 48.5 Å². The molecule has 7 heteroatoms. The fourth-order valence-corrected chi connectivity index (χ4v) is 1.87. The van der Waals surface area contributed by atoms with Gasteiger partial charge in [0.1, 0.15) is 6.61 Å². The minimum atomic E-state index is -0.546. The van der Waals surface area contributed by atoms with E-state index in [0.717, 1.165) is 0 Å². The Bertz CT molecular complexity index is 740. The lowest BCUT2D eigenvalue weighted by Gasteiger charge is -2.07. The molecule has 0 saturated heterocycles. The van der Waals surface area contributed by atoms with E-state index in [4.69, 9.17) is 4.74 Å². The van der Waals surface area contributed by atoms with E-state index in [2.05, 4.69) is 5.32 Å². The highest BCUT2D eigenvalue weighted by atomic mass is 16.6. The van der Waals surface area contributed by atoms with Crippen molar-refractivity contribution in [1.29, 1.82) is 0 Å². The van der Waals surface area contributed by atoms with E-state index in [9.17, 15) is 19.7 Å². The Hall–Kier alpha value is -3.22. The first kappa shape index (κ1) is 16.2. The number of benzene rings is 2. The van der Waals surface area contributed by atoms with E-state index in [0.29, 0.717) is 16.8 Å². The van der Waals surface area contributed by atoms with E-state index in [-0.39, 0.29) is 18.2 Å². The number of non-ortho nitro benzene ring substituents is 1. The Balaban J connectivity index is 1.99. The molecule has 1 N–H and O–H groups in total. The van der Waals surface area contributed by atoms with E-state index in [1.54, 1.807) is 18.2 Å². The molecular weight excluding hydrogens is 300 g/mol. The van der Waals surface area contributed by atoms with Gasteiger partial charge in [-0.15, -0.1) is 0 Å². The summed E-state index contributed by atoms with van der Waals surface area (Å²) in [6.45, 7) is 1.38. The highest BCUT2D eigenvalue weighted by Gasteiger charge is 2.10. The number of hydrogen-bond donors (Lipinski definition) is 1. The van der Waals surface area contributed by atoms with Gasteiger partial charge < -0.3 is 10.1 Å². The van der Waals surface area contributed by atoms with Crippen molar-refractivity contribution in [3.63, 3.8) is 0 Å². The highest BCUT2D eigenvalue weighted by Crippen LogP contribution is 2.15. The summed E-state index contributed by atoms with van der Waals surface area (Å²) in [5, 5.41) is 13.1. The second kappa shape index (κ2) is 7.17. The molecule has 0 saturated carbocycles. The average Bonchev–Trinajstić information content (AvgIpc) is 2.52. The van der Waals surface area contributed by atoms with Crippen LogP contribution < -0.4 is 5.32 Å². The third-order valence-corrected chi connectivity index (χ3v) is 2.94. The number of carbonyl (C=O) groups is 2. The molecule has 0 fully saturated rings. The Kier molecular flexibility index (Phi) is 5.03. The first-order chi connectivity index (χ1) is 11.0. The fraction of sp³-hybridized carbons (Fsp3) is 0.125. The van der Waals surface area contributed by atoms with Crippen LogP contribution in [0.5, 0.6) is 0 Å². The van der Waals surface area contributed by atoms with Crippen LogP contribution in [-0.4, -0.2) is 16.8 Å². The predicted octanol–water partition coefficient (Wildman–Crippen LogP) is 2.91. The van der Waals surface area contributed by atoms with Gasteiger partial charge in [-0.25, -0.2) is 4.79 Å². The second-order valence-corrected chi connectivity index (χ2v) is 4.76. The van der Waals surface area contributed by atoms with Crippen LogP contribution in [0.3, 0.4) is 0 Å². The lowest BCUT2D eigenvalue weighted by Crippen LogP contribution is -2.08. The number of rotatable bonds is 5. The number of ether oxygens (including phenoxy) is 1. The average molecular weight is 314 g/mol. The summed E-state index contributed by atoms with van der Waals surface area (Å²) >= 11 is 0. The van der Waals surface area contributed by atoms with Crippen LogP contribution in [0.25, 0.3) is 0 Å². The van der Waals surface area contributed by atoms with Crippen molar-refractivity contribution in [2.75, 3.05) is 5.32 Å². The highest BCUT2D eigenvalue weighted by molar-refractivity contribution is 5.93. The van der Waals surface area contributed by atoms with Gasteiger partial charge >= 0.3 is 5.97 Å². The standard InChI is InChI=1S/C16H14N2O5/c1-11(19)17-14-4-2-3-13(9-14)16(20)23-10-12-5-7-15(8-6-12)18(21)22/h2-9H,10H2,1H3,(H,17,19). The van der Waals surface area contributed by atoms with Crippen LogP contribution in [0.2, 0.25) is 0 Å². The number of hydrogen-bond acceptors (Lipinski definition) is 5. The summed E-state index contributed by atoms with van der Waals surface area (Å²) in [7, 11) is 0. The molecule has 0 radical (unpaired) electrons. The maximum absolute atomic E-state index is 12.0. The minimum Gasteiger partial charge on any atom is -0.457 e. The van der Waals surface area contributed by atoms with Crippen LogP contribution in [0.1, 0.15) is 22.8 Å². The Morgan fingerprint density at radius 1 is 1.17 bits per heavy atom. The smallest absolute Gasteiger partial charge is 0.338 e. The molecule has 0 atom stereocenters.